The third-order valence-electron chi connectivity index (χ3n) is 3.96. The van der Waals surface area contributed by atoms with Crippen molar-refractivity contribution < 1.29 is 4.79 Å². The molecule has 24 heavy (non-hydrogen) atoms. The molecule has 3 aromatic rings. The van der Waals surface area contributed by atoms with Gasteiger partial charge in [-0.2, -0.15) is 0 Å². The zero-order valence-electron chi connectivity index (χ0n) is 14.3. The largest absolute Gasteiger partial charge is 0.360 e. The number of nitrogens with one attached hydrogen (secondary N) is 2. The average Bonchev–Trinajstić information content (AvgIpc) is 2.89. The van der Waals surface area contributed by atoms with E-state index in [1.165, 1.54) is 17.9 Å². The van der Waals surface area contributed by atoms with Crippen LogP contribution in [0.25, 0.3) is 22.0 Å². The van der Waals surface area contributed by atoms with Crippen LogP contribution in [0.5, 0.6) is 0 Å². The molecule has 0 spiro atoms. The van der Waals surface area contributed by atoms with Crippen molar-refractivity contribution in [2.45, 2.75) is 32.7 Å². The molecule has 0 bridgehead atoms. The van der Waals surface area contributed by atoms with Crippen molar-refractivity contribution in [3.8, 4) is 11.1 Å². The molecular formula is C20H23N3O. The molecule has 4 N–H and O–H groups in total. The molecule has 1 heterocycles. The van der Waals surface area contributed by atoms with E-state index in [0.29, 0.717) is 0 Å². The minimum absolute atomic E-state index is 0.0664. The van der Waals surface area contributed by atoms with E-state index in [4.69, 9.17) is 5.73 Å². The number of hydrogen-bond acceptors (Lipinski definition) is 2. The van der Waals surface area contributed by atoms with Crippen molar-refractivity contribution in [3.63, 3.8) is 0 Å². The van der Waals surface area contributed by atoms with Crippen LogP contribution >= 0.6 is 0 Å². The summed E-state index contributed by atoms with van der Waals surface area (Å²) in [5.74, 6) is -0.0664. The number of carbonyl (C=O) groups excluding carboxylic acids is 1. The van der Waals surface area contributed by atoms with Gasteiger partial charge in [-0.1, -0.05) is 30.3 Å². The minimum atomic E-state index is -0.245. The zero-order valence-corrected chi connectivity index (χ0v) is 14.3. The van der Waals surface area contributed by atoms with Gasteiger partial charge in [0.1, 0.15) is 0 Å². The zero-order chi connectivity index (χ0) is 17.3. The van der Waals surface area contributed by atoms with E-state index in [2.05, 4.69) is 34.7 Å². The van der Waals surface area contributed by atoms with Crippen LogP contribution in [0.1, 0.15) is 26.3 Å². The molecule has 0 fully saturated rings. The lowest BCUT2D eigenvalue weighted by Gasteiger charge is -2.17. The van der Waals surface area contributed by atoms with Crippen molar-refractivity contribution in [1.82, 2.24) is 4.98 Å². The summed E-state index contributed by atoms with van der Waals surface area (Å²) in [6.45, 7) is 5.58. The topological polar surface area (TPSA) is 70.9 Å². The molecule has 0 aliphatic rings. The molecule has 1 amide bonds. The number of hydrogen-bond donors (Lipinski definition) is 3. The SMILES string of the molecule is CC(=O)Nc1ccc(-c2cccc3c(CC(C)(C)N)c[nH]c23)cc1. The smallest absolute Gasteiger partial charge is 0.221 e. The van der Waals surface area contributed by atoms with E-state index in [-0.39, 0.29) is 11.4 Å². The van der Waals surface area contributed by atoms with E-state index in [9.17, 15) is 4.79 Å². The van der Waals surface area contributed by atoms with E-state index >= 15 is 0 Å². The van der Waals surface area contributed by atoms with Crippen LogP contribution in [-0.4, -0.2) is 16.4 Å². The second-order valence-corrected chi connectivity index (χ2v) is 6.97. The average molecular weight is 321 g/mol. The van der Waals surface area contributed by atoms with Gasteiger partial charge >= 0.3 is 0 Å². The number of nitrogens with two attached hydrogens (primary N) is 1. The van der Waals surface area contributed by atoms with Crippen LogP contribution in [-0.2, 0) is 11.2 Å². The van der Waals surface area contributed by atoms with Gasteiger partial charge in [-0.25, -0.2) is 0 Å². The lowest BCUT2D eigenvalue weighted by atomic mass is 9.94. The summed E-state index contributed by atoms with van der Waals surface area (Å²) in [7, 11) is 0. The normalized spacial score (nSPS) is 11.7. The number of aromatic nitrogens is 1. The fourth-order valence-electron chi connectivity index (χ4n) is 3.03. The summed E-state index contributed by atoms with van der Waals surface area (Å²) in [6, 6.07) is 14.2. The van der Waals surface area contributed by atoms with Crippen LogP contribution in [0, 0.1) is 0 Å². The summed E-state index contributed by atoms with van der Waals surface area (Å²) in [5.41, 5.74) is 11.3. The Labute approximate surface area is 142 Å². The van der Waals surface area contributed by atoms with Gasteiger partial charge in [0.15, 0.2) is 0 Å². The highest BCUT2D eigenvalue weighted by Crippen LogP contribution is 2.31. The number of benzene rings is 2. The molecular weight excluding hydrogens is 298 g/mol. The molecule has 0 radical (unpaired) electrons. The van der Waals surface area contributed by atoms with Crippen molar-refractivity contribution in [1.29, 1.82) is 0 Å². The Bertz CT molecular complexity index is 870. The first-order valence-electron chi connectivity index (χ1n) is 8.09. The van der Waals surface area contributed by atoms with Crippen molar-refractivity contribution in [2.24, 2.45) is 5.73 Å². The van der Waals surface area contributed by atoms with Crippen LogP contribution in [0.2, 0.25) is 0 Å². The molecule has 0 saturated carbocycles. The maximum atomic E-state index is 11.1. The standard InChI is InChI=1S/C20H23N3O/c1-13(24)23-16-9-7-14(8-10-16)17-5-4-6-18-15(11-20(2,3)21)12-22-19(17)18/h4-10,12,22H,11,21H2,1-3H3,(H,23,24). The monoisotopic (exact) mass is 321 g/mol. The fraction of sp³-hybridized carbons (Fsp3) is 0.250. The highest BCUT2D eigenvalue weighted by molar-refractivity contribution is 5.96. The fourth-order valence-corrected chi connectivity index (χ4v) is 3.03. The number of H-pyrrole nitrogens is 1. The molecule has 0 aliphatic carbocycles. The number of carbonyl (C=O) groups is 1. The van der Waals surface area contributed by atoms with Gasteiger partial charge in [0.25, 0.3) is 0 Å². The molecule has 0 aliphatic heterocycles. The molecule has 0 unspecified atom stereocenters. The first-order chi connectivity index (χ1) is 11.3. The Kier molecular flexibility index (Phi) is 4.16. The van der Waals surface area contributed by atoms with E-state index in [1.54, 1.807) is 0 Å². The molecule has 4 heteroatoms. The number of para-hydroxylation sites is 1. The Morgan fingerprint density at radius 1 is 1.17 bits per heavy atom. The molecule has 0 atom stereocenters. The second kappa shape index (κ2) is 6.13. The van der Waals surface area contributed by atoms with Crippen molar-refractivity contribution >= 4 is 22.5 Å². The van der Waals surface area contributed by atoms with Gasteiger partial charge in [0.05, 0.1) is 5.52 Å². The predicted octanol–water partition coefficient (Wildman–Crippen LogP) is 4.07. The predicted molar refractivity (Wildman–Crippen MR) is 100 cm³/mol. The van der Waals surface area contributed by atoms with Gasteiger partial charge < -0.3 is 16.0 Å². The third kappa shape index (κ3) is 3.49. The number of amides is 1. The van der Waals surface area contributed by atoms with Gasteiger partial charge in [-0.3, -0.25) is 4.79 Å². The van der Waals surface area contributed by atoms with Crippen molar-refractivity contribution in [3.05, 3.63) is 54.2 Å². The van der Waals surface area contributed by atoms with Gasteiger partial charge in [0.2, 0.25) is 5.91 Å². The van der Waals surface area contributed by atoms with Crippen molar-refractivity contribution in [2.75, 3.05) is 5.32 Å². The first-order valence-corrected chi connectivity index (χ1v) is 8.09. The van der Waals surface area contributed by atoms with Crippen LogP contribution in [0.3, 0.4) is 0 Å². The quantitative estimate of drug-likeness (QED) is 0.678. The summed E-state index contributed by atoms with van der Waals surface area (Å²) in [5, 5.41) is 4.00. The summed E-state index contributed by atoms with van der Waals surface area (Å²) >= 11 is 0. The maximum Gasteiger partial charge on any atom is 0.221 e. The van der Waals surface area contributed by atoms with Crippen LogP contribution in [0.4, 0.5) is 5.69 Å². The molecule has 2 aromatic carbocycles. The van der Waals surface area contributed by atoms with Gasteiger partial charge in [0, 0.05) is 35.3 Å². The summed E-state index contributed by atoms with van der Waals surface area (Å²) < 4.78 is 0. The Morgan fingerprint density at radius 3 is 2.50 bits per heavy atom. The molecule has 4 nitrogen and oxygen atoms in total. The van der Waals surface area contributed by atoms with Crippen LogP contribution < -0.4 is 11.1 Å². The minimum Gasteiger partial charge on any atom is -0.360 e. The highest BCUT2D eigenvalue weighted by Gasteiger charge is 2.16. The maximum absolute atomic E-state index is 11.1. The van der Waals surface area contributed by atoms with E-state index in [0.717, 1.165) is 28.8 Å². The highest BCUT2D eigenvalue weighted by atomic mass is 16.1. The Morgan fingerprint density at radius 2 is 1.88 bits per heavy atom. The summed E-state index contributed by atoms with van der Waals surface area (Å²) in [4.78, 5) is 14.5. The Hall–Kier alpha value is -2.59. The summed E-state index contributed by atoms with van der Waals surface area (Å²) in [6.07, 6.45) is 2.87. The lowest BCUT2D eigenvalue weighted by Crippen LogP contribution is -2.34. The number of rotatable bonds is 4. The molecule has 0 saturated heterocycles. The van der Waals surface area contributed by atoms with Crippen LogP contribution in [0.15, 0.2) is 48.7 Å². The second-order valence-electron chi connectivity index (χ2n) is 6.97. The van der Waals surface area contributed by atoms with Gasteiger partial charge in [-0.15, -0.1) is 0 Å². The number of aromatic amines is 1. The Balaban J connectivity index is 1.99. The van der Waals surface area contributed by atoms with Gasteiger partial charge in [-0.05, 0) is 43.5 Å². The van der Waals surface area contributed by atoms with E-state index in [1.807, 2.05) is 38.1 Å². The number of anilines is 1. The first kappa shape index (κ1) is 16.3. The third-order valence-corrected chi connectivity index (χ3v) is 3.96. The molecule has 1 aromatic heterocycles. The van der Waals surface area contributed by atoms with E-state index < -0.39 is 0 Å². The number of fused-ring (bicyclic) bond motifs is 1. The molecule has 3 rings (SSSR count). The molecule has 124 valence electrons. The lowest BCUT2D eigenvalue weighted by molar-refractivity contribution is -0.114.